The number of benzene rings is 2. The van der Waals surface area contributed by atoms with Gasteiger partial charge in [-0.15, -0.1) is 0 Å². The largest absolute Gasteiger partial charge is 0.484 e. The van der Waals surface area contributed by atoms with E-state index in [0.29, 0.717) is 16.3 Å². The summed E-state index contributed by atoms with van der Waals surface area (Å²) in [5, 5.41) is 7.81. The Balaban J connectivity index is 2.18. The number of halogens is 1. The standard InChI is InChI=1S/C15H15ClN2O/c1-10(11-5-3-2-4-6-11)19-14-8-7-12(15(17)18)9-13(14)16/h2-10H,1H3,(H3,17,18). The van der Waals surface area contributed by atoms with Crippen molar-refractivity contribution in [2.45, 2.75) is 13.0 Å². The van der Waals surface area contributed by atoms with E-state index in [1.165, 1.54) is 0 Å². The molecule has 19 heavy (non-hydrogen) atoms. The lowest BCUT2D eigenvalue weighted by molar-refractivity contribution is 0.227. The van der Waals surface area contributed by atoms with E-state index < -0.39 is 0 Å². The Morgan fingerprint density at radius 3 is 2.47 bits per heavy atom. The Hall–Kier alpha value is -2.00. The SMILES string of the molecule is CC(Oc1ccc(C(=N)N)cc1Cl)c1ccccc1. The van der Waals surface area contributed by atoms with Gasteiger partial charge in [0.15, 0.2) is 0 Å². The second kappa shape index (κ2) is 5.76. The smallest absolute Gasteiger partial charge is 0.138 e. The third-order valence-corrected chi connectivity index (χ3v) is 3.11. The van der Waals surface area contributed by atoms with Crippen molar-refractivity contribution < 1.29 is 4.74 Å². The fraction of sp³-hybridized carbons (Fsp3) is 0.133. The molecule has 0 bridgehead atoms. The number of amidine groups is 1. The maximum Gasteiger partial charge on any atom is 0.138 e. The van der Waals surface area contributed by atoms with Crippen LogP contribution in [-0.2, 0) is 0 Å². The summed E-state index contributed by atoms with van der Waals surface area (Å²) >= 11 is 6.13. The molecule has 4 heteroatoms. The predicted octanol–water partition coefficient (Wildman–Crippen LogP) is 3.76. The van der Waals surface area contributed by atoms with Crippen molar-refractivity contribution in [2.75, 3.05) is 0 Å². The Morgan fingerprint density at radius 2 is 1.89 bits per heavy atom. The van der Waals surface area contributed by atoms with Crippen molar-refractivity contribution in [3.63, 3.8) is 0 Å². The summed E-state index contributed by atoms with van der Waals surface area (Å²) in [6.45, 7) is 1.96. The van der Waals surface area contributed by atoms with Gasteiger partial charge in [-0.1, -0.05) is 41.9 Å². The van der Waals surface area contributed by atoms with E-state index in [-0.39, 0.29) is 11.9 Å². The minimum atomic E-state index is -0.0955. The van der Waals surface area contributed by atoms with Gasteiger partial charge in [-0.2, -0.15) is 0 Å². The first kappa shape index (κ1) is 13.4. The van der Waals surface area contributed by atoms with Crippen LogP contribution in [0.4, 0.5) is 0 Å². The van der Waals surface area contributed by atoms with Gasteiger partial charge in [-0.3, -0.25) is 5.41 Å². The monoisotopic (exact) mass is 274 g/mol. The molecular weight excluding hydrogens is 260 g/mol. The number of ether oxygens (including phenoxy) is 1. The van der Waals surface area contributed by atoms with Crippen LogP contribution in [0.15, 0.2) is 48.5 Å². The fourth-order valence-corrected chi connectivity index (χ4v) is 1.97. The molecule has 0 radical (unpaired) electrons. The summed E-state index contributed by atoms with van der Waals surface area (Å²) in [5.41, 5.74) is 7.07. The zero-order valence-electron chi connectivity index (χ0n) is 10.6. The molecule has 0 spiro atoms. The van der Waals surface area contributed by atoms with Crippen LogP contribution in [0.5, 0.6) is 5.75 Å². The minimum Gasteiger partial charge on any atom is -0.484 e. The van der Waals surface area contributed by atoms with E-state index in [1.807, 2.05) is 37.3 Å². The van der Waals surface area contributed by atoms with Crippen LogP contribution in [0.3, 0.4) is 0 Å². The summed E-state index contributed by atoms with van der Waals surface area (Å²) in [4.78, 5) is 0. The summed E-state index contributed by atoms with van der Waals surface area (Å²) in [5.74, 6) is 0.576. The molecule has 3 nitrogen and oxygen atoms in total. The summed E-state index contributed by atoms with van der Waals surface area (Å²) in [6.07, 6.45) is -0.0955. The van der Waals surface area contributed by atoms with Crippen LogP contribution in [0, 0.1) is 5.41 Å². The van der Waals surface area contributed by atoms with Crippen molar-refractivity contribution in [3.05, 3.63) is 64.7 Å². The number of rotatable bonds is 4. The number of nitrogen functional groups attached to an aromatic ring is 1. The van der Waals surface area contributed by atoms with Crippen molar-refractivity contribution >= 4 is 17.4 Å². The maximum absolute atomic E-state index is 7.36. The molecule has 0 aliphatic carbocycles. The van der Waals surface area contributed by atoms with Crippen LogP contribution in [0.1, 0.15) is 24.2 Å². The predicted molar refractivity (Wildman–Crippen MR) is 78.0 cm³/mol. The van der Waals surface area contributed by atoms with Gasteiger partial charge in [0.25, 0.3) is 0 Å². The average Bonchev–Trinajstić information content (AvgIpc) is 2.41. The van der Waals surface area contributed by atoms with Crippen LogP contribution in [0.2, 0.25) is 5.02 Å². The number of nitrogens with two attached hydrogens (primary N) is 1. The third-order valence-electron chi connectivity index (χ3n) is 2.82. The highest BCUT2D eigenvalue weighted by Crippen LogP contribution is 2.29. The van der Waals surface area contributed by atoms with Crippen LogP contribution in [-0.4, -0.2) is 5.84 Å². The Bertz CT molecular complexity index is 584. The molecule has 2 rings (SSSR count). The molecule has 0 amide bonds. The normalized spacial score (nSPS) is 11.9. The zero-order chi connectivity index (χ0) is 13.8. The van der Waals surface area contributed by atoms with E-state index in [4.69, 9.17) is 27.5 Å². The number of hydrogen-bond donors (Lipinski definition) is 2. The molecule has 2 aromatic rings. The second-order valence-electron chi connectivity index (χ2n) is 4.23. The van der Waals surface area contributed by atoms with Gasteiger partial charge in [-0.05, 0) is 30.7 Å². The summed E-state index contributed by atoms with van der Waals surface area (Å²) < 4.78 is 5.82. The van der Waals surface area contributed by atoms with E-state index >= 15 is 0 Å². The Kier molecular flexibility index (Phi) is 4.07. The van der Waals surface area contributed by atoms with Gasteiger partial charge in [0.1, 0.15) is 17.7 Å². The van der Waals surface area contributed by atoms with Gasteiger partial charge in [0.05, 0.1) is 5.02 Å². The number of nitrogens with one attached hydrogen (secondary N) is 1. The maximum atomic E-state index is 7.36. The van der Waals surface area contributed by atoms with E-state index in [9.17, 15) is 0 Å². The van der Waals surface area contributed by atoms with Gasteiger partial charge >= 0.3 is 0 Å². The lowest BCUT2D eigenvalue weighted by atomic mass is 10.1. The zero-order valence-corrected chi connectivity index (χ0v) is 11.3. The molecule has 0 aromatic heterocycles. The molecule has 98 valence electrons. The van der Waals surface area contributed by atoms with Crippen molar-refractivity contribution in [2.24, 2.45) is 5.73 Å². The quantitative estimate of drug-likeness (QED) is 0.659. The molecule has 0 heterocycles. The summed E-state index contributed by atoms with van der Waals surface area (Å²) in [7, 11) is 0. The fourth-order valence-electron chi connectivity index (χ4n) is 1.75. The molecule has 0 saturated heterocycles. The highest BCUT2D eigenvalue weighted by Gasteiger charge is 2.10. The molecule has 0 saturated carbocycles. The van der Waals surface area contributed by atoms with Crippen LogP contribution < -0.4 is 10.5 Å². The van der Waals surface area contributed by atoms with Gasteiger partial charge in [0.2, 0.25) is 0 Å². The first-order chi connectivity index (χ1) is 9.08. The molecular formula is C15H15ClN2O. The second-order valence-corrected chi connectivity index (χ2v) is 4.64. The summed E-state index contributed by atoms with van der Waals surface area (Å²) in [6, 6.07) is 15.0. The minimum absolute atomic E-state index is 0.00967. The molecule has 1 atom stereocenters. The van der Waals surface area contributed by atoms with E-state index in [2.05, 4.69) is 0 Å². The molecule has 0 aliphatic heterocycles. The highest BCUT2D eigenvalue weighted by molar-refractivity contribution is 6.32. The van der Waals surface area contributed by atoms with Crippen molar-refractivity contribution in [1.82, 2.24) is 0 Å². The highest BCUT2D eigenvalue weighted by atomic mass is 35.5. The topological polar surface area (TPSA) is 59.1 Å². The third kappa shape index (κ3) is 3.26. The molecule has 2 aromatic carbocycles. The average molecular weight is 275 g/mol. The first-order valence-corrected chi connectivity index (χ1v) is 6.31. The van der Waals surface area contributed by atoms with E-state index in [1.54, 1.807) is 18.2 Å². The lowest BCUT2D eigenvalue weighted by Gasteiger charge is -2.16. The van der Waals surface area contributed by atoms with Gasteiger partial charge < -0.3 is 10.5 Å². The Morgan fingerprint density at radius 1 is 1.21 bits per heavy atom. The molecule has 3 N–H and O–H groups in total. The lowest BCUT2D eigenvalue weighted by Crippen LogP contribution is -2.11. The van der Waals surface area contributed by atoms with Gasteiger partial charge in [0, 0.05) is 5.56 Å². The van der Waals surface area contributed by atoms with Crippen LogP contribution in [0.25, 0.3) is 0 Å². The van der Waals surface area contributed by atoms with E-state index in [0.717, 1.165) is 5.56 Å². The molecule has 0 aliphatic rings. The number of hydrogen-bond acceptors (Lipinski definition) is 2. The van der Waals surface area contributed by atoms with Crippen molar-refractivity contribution in [3.8, 4) is 5.75 Å². The molecule has 0 fully saturated rings. The van der Waals surface area contributed by atoms with Gasteiger partial charge in [-0.25, -0.2) is 0 Å². The van der Waals surface area contributed by atoms with Crippen LogP contribution >= 0.6 is 11.6 Å². The molecule has 1 unspecified atom stereocenters. The van der Waals surface area contributed by atoms with Crippen molar-refractivity contribution in [1.29, 1.82) is 5.41 Å². The first-order valence-electron chi connectivity index (χ1n) is 5.93. The Labute approximate surface area is 117 Å².